The molecule has 1 N–H and O–H groups in total. The van der Waals surface area contributed by atoms with Crippen molar-refractivity contribution in [2.75, 3.05) is 5.32 Å². The second-order valence-electron chi connectivity index (χ2n) is 8.13. The number of halogens is 1. The second kappa shape index (κ2) is 6.73. The largest absolute Gasteiger partial charge is 0.543 e. The molecule has 0 aliphatic heterocycles. The van der Waals surface area contributed by atoms with Gasteiger partial charge >= 0.3 is 6.09 Å². The monoisotopic (exact) mass is 357 g/mol. The van der Waals surface area contributed by atoms with Crippen LogP contribution in [0.25, 0.3) is 0 Å². The van der Waals surface area contributed by atoms with Crippen molar-refractivity contribution in [3.8, 4) is 5.75 Å². The summed E-state index contributed by atoms with van der Waals surface area (Å²) in [5.74, 6) is 0.646. The Labute approximate surface area is 145 Å². The van der Waals surface area contributed by atoms with Gasteiger partial charge in [0.15, 0.2) is 0 Å². The molecule has 0 aliphatic carbocycles. The van der Waals surface area contributed by atoms with Crippen molar-refractivity contribution in [2.45, 2.75) is 65.3 Å². The van der Waals surface area contributed by atoms with Crippen LogP contribution < -0.4 is 9.74 Å². The number of nitrogens with one attached hydrogen (secondary N) is 1. The fraction of sp³-hybridized carbons (Fsp3) is 0.588. The van der Waals surface area contributed by atoms with E-state index < -0.39 is 20.0 Å². The third kappa shape index (κ3) is 6.07. The van der Waals surface area contributed by atoms with E-state index in [-0.39, 0.29) is 5.04 Å². The topological polar surface area (TPSA) is 47.6 Å². The van der Waals surface area contributed by atoms with Gasteiger partial charge in [-0.2, -0.15) is 0 Å². The van der Waals surface area contributed by atoms with Crippen molar-refractivity contribution in [1.29, 1.82) is 0 Å². The zero-order chi connectivity index (χ0) is 18.1. The number of carbonyl (C=O) groups excluding carboxylic acids is 1. The summed E-state index contributed by atoms with van der Waals surface area (Å²) in [4.78, 5) is 11.8. The third-order valence-electron chi connectivity index (χ3n) is 3.75. The minimum Gasteiger partial charge on any atom is -0.543 e. The van der Waals surface area contributed by atoms with Gasteiger partial charge in [0, 0.05) is 5.69 Å². The quantitative estimate of drug-likeness (QED) is 0.667. The number of hydrogen-bond acceptors (Lipinski definition) is 3. The number of ether oxygens (including phenoxy) is 1. The van der Waals surface area contributed by atoms with Crippen molar-refractivity contribution in [3.05, 3.63) is 23.2 Å². The number of carbonyl (C=O) groups is 1. The Bertz CT molecular complexity index is 574. The SMILES string of the molecule is CC(C)(C)OC(=O)Nc1ccc(O[Si](C)(C)C(C)(C)C)c(Cl)c1. The van der Waals surface area contributed by atoms with E-state index in [9.17, 15) is 4.79 Å². The Morgan fingerprint density at radius 2 is 1.70 bits per heavy atom. The van der Waals surface area contributed by atoms with Gasteiger partial charge in [-0.25, -0.2) is 4.79 Å². The van der Waals surface area contributed by atoms with Crippen LogP contribution in [-0.4, -0.2) is 20.0 Å². The first-order valence-electron chi connectivity index (χ1n) is 7.70. The highest BCUT2D eigenvalue weighted by atomic mass is 35.5. The van der Waals surface area contributed by atoms with Crippen molar-refractivity contribution >= 4 is 31.7 Å². The van der Waals surface area contributed by atoms with E-state index in [1.165, 1.54) is 0 Å². The fourth-order valence-corrected chi connectivity index (χ4v) is 2.83. The van der Waals surface area contributed by atoms with Gasteiger partial charge in [0.05, 0.1) is 5.02 Å². The van der Waals surface area contributed by atoms with E-state index >= 15 is 0 Å². The first-order chi connectivity index (χ1) is 10.2. The Hall–Kier alpha value is -1.20. The minimum atomic E-state index is -1.95. The number of anilines is 1. The summed E-state index contributed by atoms with van der Waals surface area (Å²) in [6.45, 7) is 16.3. The molecule has 0 aromatic heterocycles. The maximum absolute atomic E-state index is 11.8. The van der Waals surface area contributed by atoms with Crippen LogP contribution in [0.2, 0.25) is 23.2 Å². The molecule has 6 heteroatoms. The van der Waals surface area contributed by atoms with Gasteiger partial charge in [-0.15, -0.1) is 0 Å². The van der Waals surface area contributed by atoms with Gasteiger partial charge in [-0.05, 0) is 57.1 Å². The van der Waals surface area contributed by atoms with E-state index in [0.717, 1.165) is 0 Å². The van der Waals surface area contributed by atoms with Crippen molar-refractivity contribution in [2.24, 2.45) is 0 Å². The van der Waals surface area contributed by atoms with Crippen LogP contribution in [0.4, 0.5) is 10.5 Å². The Morgan fingerprint density at radius 1 is 1.13 bits per heavy atom. The normalized spacial score (nSPS) is 12.7. The van der Waals surface area contributed by atoms with E-state index in [1.807, 2.05) is 20.8 Å². The second-order valence-corrected chi connectivity index (χ2v) is 13.3. The van der Waals surface area contributed by atoms with E-state index in [4.69, 9.17) is 20.8 Å². The maximum atomic E-state index is 11.8. The molecule has 0 heterocycles. The molecule has 1 rings (SSSR count). The molecule has 0 fully saturated rings. The molecule has 0 bridgehead atoms. The smallest absolute Gasteiger partial charge is 0.412 e. The van der Waals surface area contributed by atoms with Crippen molar-refractivity contribution in [1.82, 2.24) is 0 Å². The molecule has 0 saturated heterocycles. The highest BCUT2D eigenvalue weighted by Gasteiger charge is 2.39. The standard InChI is InChI=1S/C17H28ClNO3Si/c1-16(2,3)21-15(20)19-12-9-10-14(13(18)11-12)22-23(7,8)17(4,5)6/h9-11H,1-8H3,(H,19,20). The lowest BCUT2D eigenvalue weighted by molar-refractivity contribution is 0.0636. The van der Waals surface area contributed by atoms with Crippen LogP contribution in [0, 0.1) is 0 Å². The van der Waals surface area contributed by atoms with Crippen LogP contribution in [0.5, 0.6) is 5.75 Å². The van der Waals surface area contributed by atoms with Gasteiger partial charge < -0.3 is 9.16 Å². The molecular weight excluding hydrogens is 330 g/mol. The molecule has 0 radical (unpaired) electrons. The van der Waals surface area contributed by atoms with Crippen LogP contribution in [-0.2, 0) is 4.74 Å². The highest BCUT2D eigenvalue weighted by molar-refractivity contribution is 6.74. The molecule has 23 heavy (non-hydrogen) atoms. The maximum Gasteiger partial charge on any atom is 0.412 e. The molecule has 1 aromatic carbocycles. The number of rotatable bonds is 3. The van der Waals surface area contributed by atoms with Crippen LogP contribution in [0.3, 0.4) is 0 Å². The summed E-state index contributed by atoms with van der Waals surface area (Å²) in [6.07, 6.45) is -0.508. The van der Waals surface area contributed by atoms with E-state index in [1.54, 1.807) is 18.2 Å². The van der Waals surface area contributed by atoms with Crippen LogP contribution >= 0.6 is 11.6 Å². The van der Waals surface area contributed by atoms with Gasteiger partial charge in [-0.3, -0.25) is 5.32 Å². The summed E-state index contributed by atoms with van der Waals surface area (Å²) in [7, 11) is -1.95. The summed E-state index contributed by atoms with van der Waals surface area (Å²) in [5.41, 5.74) is 0.0334. The van der Waals surface area contributed by atoms with Crippen molar-refractivity contribution in [3.63, 3.8) is 0 Å². The predicted molar refractivity (Wildman–Crippen MR) is 99.1 cm³/mol. The summed E-state index contributed by atoms with van der Waals surface area (Å²) in [5, 5.41) is 3.23. The summed E-state index contributed by atoms with van der Waals surface area (Å²) >= 11 is 6.31. The van der Waals surface area contributed by atoms with E-state index in [0.29, 0.717) is 16.5 Å². The van der Waals surface area contributed by atoms with Gasteiger partial charge in [0.25, 0.3) is 8.32 Å². The molecular formula is C17H28ClNO3Si. The lowest BCUT2D eigenvalue weighted by Crippen LogP contribution is -2.43. The predicted octanol–water partition coefficient (Wildman–Crippen LogP) is 6.07. The molecule has 0 atom stereocenters. The average Bonchev–Trinajstić information content (AvgIpc) is 2.28. The lowest BCUT2D eigenvalue weighted by atomic mass is 10.2. The first-order valence-corrected chi connectivity index (χ1v) is 11.0. The molecule has 1 amide bonds. The lowest BCUT2D eigenvalue weighted by Gasteiger charge is -2.36. The summed E-state index contributed by atoms with van der Waals surface area (Å²) in [6, 6.07) is 5.22. The van der Waals surface area contributed by atoms with E-state index in [2.05, 4.69) is 39.2 Å². The molecule has 0 unspecified atom stereocenters. The zero-order valence-corrected chi connectivity index (χ0v) is 17.1. The molecule has 1 aromatic rings. The Balaban J connectivity index is 2.85. The Kier molecular flexibility index (Phi) is 5.81. The highest BCUT2D eigenvalue weighted by Crippen LogP contribution is 2.39. The first kappa shape index (κ1) is 19.8. The molecule has 0 saturated carbocycles. The number of amides is 1. The van der Waals surface area contributed by atoms with Gasteiger partial charge in [-0.1, -0.05) is 32.4 Å². The Morgan fingerprint density at radius 3 is 2.13 bits per heavy atom. The third-order valence-corrected chi connectivity index (χ3v) is 8.39. The average molecular weight is 358 g/mol. The molecule has 130 valence electrons. The fourth-order valence-electron chi connectivity index (χ4n) is 1.51. The molecule has 0 spiro atoms. The molecule has 0 aliphatic rings. The number of benzene rings is 1. The van der Waals surface area contributed by atoms with Crippen LogP contribution in [0.1, 0.15) is 41.5 Å². The van der Waals surface area contributed by atoms with Crippen LogP contribution in [0.15, 0.2) is 18.2 Å². The molecule has 4 nitrogen and oxygen atoms in total. The van der Waals surface area contributed by atoms with Crippen molar-refractivity contribution < 1.29 is 14.0 Å². The number of hydrogen-bond donors (Lipinski definition) is 1. The van der Waals surface area contributed by atoms with Gasteiger partial charge in [0.1, 0.15) is 11.4 Å². The van der Waals surface area contributed by atoms with Gasteiger partial charge in [0.2, 0.25) is 0 Å². The summed E-state index contributed by atoms with van der Waals surface area (Å²) < 4.78 is 11.4. The zero-order valence-electron chi connectivity index (χ0n) is 15.3. The minimum absolute atomic E-state index is 0.0871.